The minimum atomic E-state index is -3.82. The second kappa shape index (κ2) is 9.97. The lowest BCUT2D eigenvalue weighted by Gasteiger charge is -2.28. The molecule has 4 aliphatic rings. The van der Waals surface area contributed by atoms with Crippen LogP contribution in [0.4, 0.5) is 0 Å². The first kappa shape index (κ1) is 27.7. The Morgan fingerprint density at radius 3 is 1.07 bits per heavy atom. The minimum Gasteiger partial charge on any atom is -0.207 e. The van der Waals surface area contributed by atoms with Crippen LogP contribution >= 0.6 is 0 Å². The molecule has 0 amide bonds. The summed E-state index contributed by atoms with van der Waals surface area (Å²) >= 11 is 0. The van der Waals surface area contributed by atoms with Crippen molar-refractivity contribution >= 4 is 30.1 Å². The molecule has 0 spiro atoms. The average molecular weight is 624 g/mol. The Bertz CT molecular complexity index is 1830. The van der Waals surface area contributed by atoms with E-state index >= 15 is 0 Å². The van der Waals surface area contributed by atoms with E-state index in [-0.39, 0.29) is 65.8 Å². The van der Waals surface area contributed by atoms with Gasteiger partial charge in [0.2, 0.25) is 30.1 Å². The molecule has 3 heterocycles. The van der Waals surface area contributed by atoms with Gasteiger partial charge in [0.25, 0.3) is 0 Å². The first-order valence-corrected chi connectivity index (χ1v) is 18.0. The number of nitrogens with zero attached hydrogens (tertiary/aromatic N) is 3. The Morgan fingerprint density at radius 2 is 0.738 bits per heavy atom. The quantitative estimate of drug-likeness (QED) is 0.418. The van der Waals surface area contributed by atoms with Crippen molar-refractivity contribution in [2.24, 2.45) is 11.8 Å². The fraction of sp³-hybridized carbons (Fsp3) is 0.267. The van der Waals surface area contributed by atoms with Crippen molar-refractivity contribution in [2.45, 2.75) is 14.7 Å². The molecule has 3 aliphatic heterocycles. The van der Waals surface area contributed by atoms with Gasteiger partial charge in [-0.05, 0) is 58.7 Å². The summed E-state index contributed by atoms with van der Waals surface area (Å²) in [6.45, 7) is 0.965. The number of rotatable bonds is 6. The summed E-state index contributed by atoms with van der Waals surface area (Å²) in [5.74, 6) is -0.486. The molecular weight excluding hydrogens is 595 g/mol. The highest BCUT2D eigenvalue weighted by atomic mass is 32.2. The molecule has 3 fully saturated rings. The molecule has 0 bridgehead atoms. The lowest BCUT2D eigenvalue weighted by Crippen LogP contribution is -2.32. The van der Waals surface area contributed by atoms with Crippen molar-refractivity contribution in [1.29, 1.82) is 0 Å². The third-order valence-electron chi connectivity index (χ3n) is 8.83. The van der Waals surface area contributed by atoms with E-state index in [0.29, 0.717) is 0 Å². The van der Waals surface area contributed by atoms with Gasteiger partial charge >= 0.3 is 0 Å². The van der Waals surface area contributed by atoms with E-state index in [1.807, 2.05) is 0 Å². The number of fused-ring (bicyclic) bond motifs is 4. The maximum Gasteiger partial charge on any atom is 0.243 e. The Labute approximate surface area is 246 Å². The van der Waals surface area contributed by atoms with E-state index in [1.54, 1.807) is 91.0 Å². The van der Waals surface area contributed by atoms with Gasteiger partial charge in [-0.1, -0.05) is 54.6 Å². The molecule has 1 aliphatic carbocycles. The first-order valence-electron chi connectivity index (χ1n) is 13.7. The molecule has 218 valence electrons. The van der Waals surface area contributed by atoms with Crippen LogP contribution in [-0.4, -0.2) is 77.4 Å². The molecule has 7 rings (SSSR count). The number of benzene rings is 3. The molecular formula is C30H29N3O6S3. The largest absolute Gasteiger partial charge is 0.243 e. The molecule has 42 heavy (non-hydrogen) atoms. The van der Waals surface area contributed by atoms with E-state index in [1.165, 1.54) is 12.9 Å². The topological polar surface area (TPSA) is 112 Å². The average Bonchev–Trinajstić information content (AvgIpc) is 3.75. The lowest BCUT2D eigenvalue weighted by molar-refractivity contribution is 0.383. The van der Waals surface area contributed by atoms with Crippen LogP contribution in [0.25, 0.3) is 0 Å². The summed E-state index contributed by atoms with van der Waals surface area (Å²) in [4.78, 5) is 0.580. The van der Waals surface area contributed by atoms with Gasteiger partial charge in [-0.3, -0.25) is 0 Å². The predicted octanol–water partition coefficient (Wildman–Crippen LogP) is 2.94. The van der Waals surface area contributed by atoms with Crippen LogP contribution in [0, 0.1) is 11.8 Å². The molecule has 2 atom stereocenters. The molecule has 0 radical (unpaired) electrons. The Kier molecular flexibility index (Phi) is 6.57. The first-order chi connectivity index (χ1) is 20.1. The molecule has 9 nitrogen and oxygen atoms in total. The molecule has 0 unspecified atom stereocenters. The highest BCUT2D eigenvalue weighted by Gasteiger charge is 2.52. The maximum atomic E-state index is 13.7. The standard InChI is InChI=1S/C30H29N3O6S3/c34-40(35,22-10-4-1-5-11-22)31-16-25-26(17-31)28-19-33(42(38,39)24-14-8-3-9-15-24)21-30(28)29-20-32(18-27(25)29)41(36,37)23-12-6-2-7-13-23/h1-15,25,27H,16-21H2/t25-,27+/m0/s1. The lowest BCUT2D eigenvalue weighted by atomic mass is 9.75. The fourth-order valence-corrected chi connectivity index (χ4v) is 11.1. The van der Waals surface area contributed by atoms with Crippen LogP contribution in [0.3, 0.4) is 0 Å². The minimum absolute atomic E-state index is 0.124. The zero-order chi connectivity index (χ0) is 29.3. The smallest absolute Gasteiger partial charge is 0.207 e. The Hall–Kier alpha value is -3.13. The van der Waals surface area contributed by atoms with Gasteiger partial charge in [0.15, 0.2) is 0 Å². The van der Waals surface area contributed by atoms with Crippen LogP contribution in [-0.2, 0) is 30.1 Å². The number of hydrogen-bond acceptors (Lipinski definition) is 6. The molecule has 3 saturated heterocycles. The van der Waals surface area contributed by atoms with Gasteiger partial charge in [-0.2, -0.15) is 12.9 Å². The molecule has 0 aromatic heterocycles. The van der Waals surface area contributed by atoms with Gasteiger partial charge in [0.05, 0.1) is 14.7 Å². The van der Waals surface area contributed by atoms with Crippen molar-refractivity contribution in [2.75, 3.05) is 39.3 Å². The summed E-state index contributed by atoms with van der Waals surface area (Å²) in [5.41, 5.74) is 3.44. The zero-order valence-corrected chi connectivity index (χ0v) is 25.0. The second-order valence-corrected chi connectivity index (χ2v) is 16.8. The summed E-state index contributed by atoms with van der Waals surface area (Å²) in [6.07, 6.45) is 0. The molecule has 3 aromatic rings. The van der Waals surface area contributed by atoms with E-state index in [2.05, 4.69) is 0 Å². The van der Waals surface area contributed by atoms with Crippen LogP contribution in [0.5, 0.6) is 0 Å². The molecule has 0 N–H and O–H groups in total. The van der Waals surface area contributed by atoms with Crippen molar-refractivity contribution in [3.63, 3.8) is 0 Å². The summed E-state index contributed by atoms with van der Waals surface area (Å²) < 4.78 is 86.3. The van der Waals surface area contributed by atoms with Gasteiger partial charge in [-0.15, -0.1) is 0 Å². The molecule has 0 saturated carbocycles. The van der Waals surface area contributed by atoms with E-state index in [9.17, 15) is 25.3 Å². The van der Waals surface area contributed by atoms with Crippen LogP contribution in [0.1, 0.15) is 0 Å². The normalized spacial score (nSPS) is 23.7. The van der Waals surface area contributed by atoms with E-state index in [0.717, 1.165) is 22.3 Å². The van der Waals surface area contributed by atoms with Gasteiger partial charge < -0.3 is 0 Å². The molecule has 12 heteroatoms. The second-order valence-electron chi connectivity index (χ2n) is 11.0. The van der Waals surface area contributed by atoms with Gasteiger partial charge in [0.1, 0.15) is 0 Å². The number of sulfonamides is 3. The zero-order valence-electron chi connectivity index (χ0n) is 22.6. The Morgan fingerprint density at radius 1 is 0.429 bits per heavy atom. The van der Waals surface area contributed by atoms with Crippen LogP contribution in [0.2, 0.25) is 0 Å². The summed E-state index contributed by atoms with van der Waals surface area (Å²) in [7, 11) is -11.4. The van der Waals surface area contributed by atoms with E-state index < -0.39 is 30.1 Å². The monoisotopic (exact) mass is 623 g/mol. The number of hydrogen-bond donors (Lipinski definition) is 0. The summed E-state index contributed by atoms with van der Waals surface area (Å²) in [5, 5.41) is 0. The maximum absolute atomic E-state index is 13.7. The van der Waals surface area contributed by atoms with Crippen molar-refractivity contribution < 1.29 is 25.3 Å². The van der Waals surface area contributed by atoms with Gasteiger partial charge in [-0.25, -0.2) is 25.3 Å². The van der Waals surface area contributed by atoms with E-state index in [4.69, 9.17) is 0 Å². The van der Waals surface area contributed by atoms with Crippen LogP contribution < -0.4 is 0 Å². The Balaban J connectivity index is 1.30. The SMILES string of the molecule is O=S(=O)(c1ccccc1)N1CC2=C3CN(S(=O)(=O)c4ccccc4)C[C@@H]3[C@H]3CN(S(=O)(=O)c4ccccc4)CC3=C2C1. The highest BCUT2D eigenvalue weighted by Crippen LogP contribution is 2.50. The van der Waals surface area contributed by atoms with Crippen molar-refractivity contribution in [3.05, 3.63) is 113 Å². The van der Waals surface area contributed by atoms with Crippen molar-refractivity contribution in [1.82, 2.24) is 12.9 Å². The van der Waals surface area contributed by atoms with Gasteiger partial charge in [0, 0.05) is 51.1 Å². The van der Waals surface area contributed by atoms with Crippen LogP contribution in [0.15, 0.2) is 128 Å². The molecule has 3 aromatic carbocycles. The summed E-state index contributed by atoms with van der Waals surface area (Å²) in [6, 6.07) is 24.8. The predicted molar refractivity (Wildman–Crippen MR) is 157 cm³/mol. The van der Waals surface area contributed by atoms with Crippen molar-refractivity contribution in [3.8, 4) is 0 Å². The fourth-order valence-electron chi connectivity index (χ4n) is 6.73. The third-order valence-corrected chi connectivity index (χ3v) is 14.3. The third kappa shape index (κ3) is 4.31. The highest BCUT2D eigenvalue weighted by molar-refractivity contribution is 7.89.